The van der Waals surface area contributed by atoms with Crippen molar-refractivity contribution in [1.82, 2.24) is 10.3 Å². The number of nitrogens with zero attached hydrogens (tertiary/aromatic N) is 1. The van der Waals surface area contributed by atoms with Gasteiger partial charge in [0.25, 0.3) is 5.91 Å². The van der Waals surface area contributed by atoms with E-state index in [1.807, 2.05) is 13.1 Å². The second kappa shape index (κ2) is 6.10. The number of amides is 1. The lowest BCUT2D eigenvalue weighted by atomic mass is 10.1. The highest BCUT2D eigenvalue weighted by Crippen LogP contribution is 2.06. The van der Waals surface area contributed by atoms with Crippen LogP contribution in [0.25, 0.3) is 0 Å². The molecular formula is C12H19N3O. The molecule has 0 saturated heterocycles. The number of aromatic nitrogens is 1. The first-order valence-corrected chi connectivity index (χ1v) is 5.59. The van der Waals surface area contributed by atoms with Crippen molar-refractivity contribution in [3.63, 3.8) is 0 Å². The summed E-state index contributed by atoms with van der Waals surface area (Å²) in [5.41, 5.74) is 1.35. The fourth-order valence-electron chi connectivity index (χ4n) is 1.21. The van der Waals surface area contributed by atoms with Crippen LogP contribution in [0.5, 0.6) is 0 Å². The number of pyridine rings is 1. The van der Waals surface area contributed by atoms with Gasteiger partial charge in [-0.05, 0) is 18.1 Å². The van der Waals surface area contributed by atoms with E-state index in [2.05, 4.69) is 29.5 Å². The Morgan fingerprint density at radius 2 is 2.31 bits per heavy atom. The summed E-state index contributed by atoms with van der Waals surface area (Å²) in [7, 11) is 1.82. The van der Waals surface area contributed by atoms with Gasteiger partial charge in [-0.25, -0.2) is 0 Å². The van der Waals surface area contributed by atoms with Crippen LogP contribution in [0.1, 0.15) is 30.8 Å². The van der Waals surface area contributed by atoms with Crippen LogP contribution >= 0.6 is 0 Å². The van der Waals surface area contributed by atoms with Gasteiger partial charge in [-0.15, -0.1) is 0 Å². The van der Waals surface area contributed by atoms with Crippen molar-refractivity contribution in [3.05, 3.63) is 24.0 Å². The van der Waals surface area contributed by atoms with E-state index in [0.29, 0.717) is 18.2 Å². The Kier molecular flexibility index (Phi) is 4.76. The van der Waals surface area contributed by atoms with Crippen LogP contribution < -0.4 is 10.6 Å². The first-order valence-electron chi connectivity index (χ1n) is 5.59. The van der Waals surface area contributed by atoms with Gasteiger partial charge in [0.1, 0.15) is 5.69 Å². The molecule has 0 bridgehead atoms. The fraction of sp³-hybridized carbons (Fsp3) is 0.500. The van der Waals surface area contributed by atoms with Crippen molar-refractivity contribution < 1.29 is 4.79 Å². The van der Waals surface area contributed by atoms with E-state index in [-0.39, 0.29) is 5.91 Å². The number of carbonyl (C=O) groups excluding carboxylic acids is 1. The van der Waals surface area contributed by atoms with Crippen molar-refractivity contribution >= 4 is 11.6 Å². The van der Waals surface area contributed by atoms with Gasteiger partial charge in [-0.3, -0.25) is 9.78 Å². The molecule has 1 rings (SSSR count). The molecule has 0 aliphatic rings. The molecule has 4 heteroatoms. The SMILES string of the molecule is CCC(C)CNC(=O)c1cc(NC)ccn1. The molecule has 1 unspecified atom stereocenters. The van der Waals surface area contributed by atoms with Crippen LogP contribution in [0.4, 0.5) is 5.69 Å². The van der Waals surface area contributed by atoms with Gasteiger partial charge in [0.2, 0.25) is 0 Å². The summed E-state index contributed by atoms with van der Waals surface area (Å²) in [6.45, 7) is 4.91. The quantitative estimate of drug-likeness (QED) is 0.798. The molecule has 0 saturated carbocycles. The van der Waals surface area contributed by atoms with Crippen molar-refractivity contribution in [1.29, 1.82) is 0 Å². The number of hydrogen-bond acceptors (Lipinski definition) is 3. The maximum Gasteiger partial charge on any atom is 0.269 e. The van der Waals surface area contributed by atoms with Gasteiger partial charge < -0.3 is 10.6 Å². The lowest BCUT2D eigenvalue weighted by Gasteiger charge is -2.10. The van der Waals surface area contributed by atoms with Crippen LogP contribution in [0.15, 0.2) is 18.3 Å². The Labute approximate surface area is 96.5 Å². The van der Waals surface area contributed by atoms with E-state index in [1.54, 1.807) is 12.3 Å². The molecule has 0 aliphatic carbocycles. The zero-order valence-electron chi connectivity index (χ0n) is 10.1. The minimum Gasteiger partial charge on any atom is -0.388 e. The summed E-state index contributed by atoms with van der Waals surface area (Å²) in [5, 5.41) is 5.85. The Morgan fingerprint density at radius 1 is 1.56 bits per heavy atom. The molecule has 0 fully saturated rings. The number of rotatable bonds is 5. The molecule has 0 radical (unpaired) electrons. The molecule has 88 valence electrons. The zero-order chi connectivity index (χ0) is 12.0. The third kappa shape index (κ3) is 3.53. The Balaban J connectivity index is 2.58. The summed E-state index contributed by atoms with van der Waals surface area (Å²) < 4.78 is 0. The van der Waals surface area contributed by atoms with Gasteiger partial charge in [-0.2, -0.15) is 0 Å². The predicted molar refractivity (Wildman–Crippen MR) is 65.6 cm³/mol. The Hall–Kier alpha value is -1.58. The number of hydrogen-bond donors (Lipinski definition) is 2. The summed E-state index contributed by atoms with van der Waals surface area (Å²) in [6.07, 6.45) is 2.69. The first kappa shape index (κ1) is 12.5. The van der Waals surface area contributed by atoms with Crippen molar-refractivity contribution in [3.8, 4) is 0 Å². The second-order valence-electron chi connectivity index (χ2n) is 3.90. The summed E-state index contributed by atoms with van der Waals surface area (Å²) in [5.74, 6) is 0.383. The van der Waals surface area contributed by atoms with Gasteiger partial charge in [0.05, 0.1) is 0 Å². The van der Waals surface area contributed by atoms with Crippen LogP contribution in [0, 0.1) is 5.92 Å². The van der Waals surface area contributed by atoms with E-state index in [9.17, 15) is 4.79 Å². The predicted octanol–water partition coefficient (Wildman–Crippen LogP) is 1.90. The van der Waals surface area contributed by atoms with E-state index < -0.39 is 0 Å². The highest BCUT2D eigenvalue weighted by molar-refractivity contribution is 5.93. The summed E-state index contributed by atoms with van der Waals surface area (Å²) in [4.78, 5) is 15.8. The molecule has 1 atom stereocenters. The van der Waals surface area contributed by atoms with E-state index >= 15 is 0 Å². The third-order valence-electron chi connectivity index (χ3n) is 2.59. The molecule has 1 aromatic rings. The zero-order valence-corrected chi connectivity index (χ0v) is 10.1. The highest BCUT2D eigenvalue weighted by Gasteiger charge is 2.08. The van der Waals surface area contributed by atoms with Crippen molar-refractivity contribution in [2.75, 3.05) is 18.9 Å². The Bertz CT molecular complexity index is 352. The molecule has 0 aliphatic heterocycles. The minimum atomic E-state index is -0.114. The lowest BCUT2D eigenvalue weighted by molar-refractivity contribution is 0.0943. The average molecular weight is 221 g/mol. The largest absolute Gasteiger partial charge is 0.388 e. The number of anilines is 1. The van der Waals surface area contributed by atoms with Crippen LogP contribution in [0.3, 0.4) is 0 Å². The average Bonchev–Trinajstić information content (AvgIpc) is 2.35. The standard InChI is InChI=1S/C12H19N3O/c1-4-9(2)8-15-12(16)11-7-10(13-3)5-6-14-11/h5-7,9H,4,8H2,1-3H3,(H,13,14)(H,15,16). The van der Waals surface area contributed by atoms with E-state index in [0.717, 1.165) is 12.1 Å². The third-order valence-corrected chi connectivity index (χ3v) is 2.59. The Morgan fingerprint density at radius 3 is 2.94 bits per heavy atom. The van der Waals surface area contributed by atoms with Crippen LogP contribution in [-0.2, 0) is 0 Å². The molecule has 4 nitrogen and oxygen atoms in total. The number of nitrogens with one attached hydrogen (secondary N) is 2. The smallest absolute Gasteiger partial charge is 0.269 e. The summed E-state index contributed by atoms with van der Waals surface area (Å²) >= 11 is 0. The molecule has 1 amide bonds. The number of carbonyl (C=O) groups is 1. The molecule has 16 heavy (non-hydrogen) atoms. The van der Waals surface area contributed by atoms with Crippen LogP contribution in [-0.4, -0.2) is 24.5 Å². The maximum absolute atomic E-state index is 11.7. The van der Waals surface area contributed by atoms with E-state index in [1.165, 1.54) is 0 Å². The normalized spacial score (nSPS) is 11.9. The molecular weight excluding hydrogens is 202 g/mol. The second-order valence-corrected chi connectivity index (χ2v) is 3.90. The molecule has 0 aromatic carbocycles. The maximum atomic E-state index is 11.7. The van der Waals surface area contributed by atoms with Crippen molar-refractivity contribution in [2.45, 2.75) is 20.3 Å². The van der Waals surface area contributed by atoms with Gasteiger partial charge >= 0.3 is 0 Å². The van der Waals surface area contributed by atoms with Crippen molar-refractivity contribution in [2.24, 2.45) is 5.92 Å². The topological polar surface area (TPSA) is 54.0 Å². The molecule has 1 heterocycles. The highest BCUT2D eigenvalue weighted by atomic mass is 16.1. The van der Waals surface area contributed by atoms with Crippen LogP contribution in [0.2, 0.25) is 0 Å². The van der Waals surface area contributed by atoms with Gasteiger partial charge in [0.15, 0.2) is 0 Å². The minimum absolute atomic E-state index is 0.114. The summed E-state index contributed by atoms with van der Waals surface area (Å²) in [6, 6.07) is 3.57. The molecule has 2 N–H and O–H groups in total. The molecule has 1 aromatic heterocycles. The first-order chi connectivity index (χ1) is 7.67. The van der Waals surface area contributed by atoms with E-state index in [4.69, 9.17) is 0 Å². The van der Waals surface area contributed by atoms with Gasteiger partial charge in [-0.1, -0.05) is 20.3 Å². The lowest BCUT2D eigenvalue weighted by Crippen LogP contribution is -2.28. The van der Waals surface area contributed by atoms with Gasteiger partial charge in [0, 0.05) is 25.5 Å². The monoisotopic (exact) mass is 221 g/mol. The fourth-order valence-corrected chi connectivity index (χ4v) is 1.21. The molecule has 0 spiro atoms.